The van der Waals surface area contributed by atoms with Gasteiger partial charge in [0.25, 0.3) is 0 Å². The van der Waals surface area contributed by atoms with Crippen molar-refractivity contribution in [1.29, 1.82) is 0 Å². The monoisotopic (exact) mass is 310 g/mol. The third-order valence-electron chi connectivity index (χ3n) is 3.56. The van der Waals surface area contributed by atoms with E-state index in [9.17, 15) is 22.8 Å². The van der Waals surface area contributed by atoms with Crippen LogP contribution in [0, 0.1) is 5.92 Å². The van der Waals surface area contributed by atoms with Crippen molar-refractivity contribution in [3.63, 3.8) is 0 Å². The van der Waals surface area contributed by atoms with E-state index in [0.29, 0.717) is 0 Å². The lowest BCUT2D eigenvalue weighted by molar-refractivity contribution is -0.183. The quantitative estimate of drug-likeness (QED) is 0.852. The van der Waals surface area contributed by atoms with Crippen LogP contribution in [0.4, 0.5) is 18.0 Å². The van der Waals surface area contributed by atoms with Crippen molar-refractivity contribution in [3.05, 3.63) is 0 Å². The Hall–Kier alpha value is -1.47. The molecule has 0 aromatic heterocycles. The van der Waals surface area contributed by atoms with Crippen LogP contribution in [-0.4, -0.2) is 58.3 Å². The Labute approximate surface area is 121 Å². The van der Waals surface area contributed by atoms with Crippen molar-refractivity contribution in [2.75, 3.05) is 19.6 Å². The zero-order chi connectivity index (χ0) is 16.4. The van der Waals surface area contributed by atoms with Crippen LogP contribution in [0.25, 0.3) is 0 Å². The number of carbonyl (C=O) groups is 2. The lowest BCUT2D eigenvalue weighted by atomic mass is 9.96. The zero-order valence-corrected chi connectivity index (χ0v) is 12.4. The standard InChI is InChI=1S/C13H21F3N2O3/c1-12(2,3)18(8-10(19)20)11(21)17-6-4-9(5-7-17)13(14,15)16/h9H,4-8H2,1-3H3,(H,19,20). The molecule has 0 aliphatic carbocycles. The van der Waals surface area contributed by atoms with Crippen LogP contribution in [0.5, 0.6) is 0 Å². The van der Waals surface area contributed by atoms with Crippen LogP contribution in [0.2, 0.25) is 0 Å². The highest BCUT2D eigenvalue weighted by atomic mass is 19.4. The van der Waals surface area contributed by atoms with Gasteiger partial charge in [-0.05, 0) is 33.6 Å². The second-order valence-electron chi connectivity index (χ2n) is 6.24. The smallest absolute Gasteiger partial charge is 0.391 e. The highest BCUT2D eigenvalue weighted by Crippen LogP contribution is 2.34. The third-order valence-corrected chi connectivity index (χ3v) is 3.56. The summed E-state index contributed by atoms with van der Waals surface area (Å²) in [5.41, 5.74) is -0.712. The molecule has 0 saturated carbocycles. The zero-order valence-electron chi connectivity index (χ0n) is 12.4. The first-order valence-corrected chi connectivity index (χ1v) is 6.78. The fourth-order valence-corrected chi connectivity index (χ4v) is 2.30. The number of halogens is 3. The molecule has 122 valence electrons. The second-order valence-corrected chi connectivity index (χ2v) is 6.24. The Bertz CT molecular complexity index is 396. The summed E-state index contributed by atoms with van der Waals surface area (Å²) in [4.78, 5) is 25.7. The molecule has 1 aliphatic heterocycles. The minimum atomic E-state index is -4.24. The number of urea groups is 1. The van der Waals surface area contributed by atoms with Crippen LogP contribution in [0.1, 0.15) is 33.6 Å². The first-order chi connectivity index (χ1) is 9.43. The topological polar surface area (TPSA) is 60.9 Å². The number of nitrogens with zero attached hydrogens (tertiary/aromatic N) is 2. The minimum absolute atomic E-state index is 0.00475. The molecular weight excluding hydrogens is 289 g/mol. The van der Waals surface area contributed by atoms with E-state index < -0.39 is 36.2 Å². The first-order valence-electron chi connectivity index (χ1n) is 6.78. The number of piperidine rings is 1. The van der Waals surface area contributed by atoms with Gasteiger partial charge in [-0.2, -0.15) is 13.2 Å². The van der Waals surface area contributed by atoms with E-state index in [2.05, 4.69) is 0 Å². The fraction of sp³-hybridized carbons (Fsp3) is 0.846. The number of amides is 2. The normalized spacial score (nSPS) is 17.7. The van der Waals surface area contributed by atoms with E-state index in [-0.39, 0.29) is 25.9 Å². The van der Waals surface area contributed by atoms with Crippen LogP contribution in [0.15, 0.2) is 0 Å². The van der Waals surface area contributed by atoms with Gasteiger partial charge in [0, 0.05) is 18.6 Å². The molecule has 0 radical (unpaired) electrons. The number of likely N-dealkylation sites (tertiary alicyclic amines) is 1. The summed E-state index contributed by atoms with van der Waals surface area (Å²) >= 11 is 0. The van der Waals surface area contributed by atoms with E-state index in [1.165, 1.54) is 9.80 Å². The molecule has 0 unspecified atom stereocenters. The number of hydrogen-bond donors (Lipinski definition) is 1. The number of aliphatic carboxylic acids is 1. The third kappa shape index (κ3) is 4.78. The second kappa shape index (κ2) is 6.11. The number of alkyl halides is 3. The van der Waals surface area contributed by atoms with Gasteiger partial charge in [0.1, 0.15) is 6.54 Å². The maximum Gasteiger partial charge on any atom is 0.391 e. The molecule has 5 nitrogen and oxygen atoms in total. The van der Waals surface area contributed by atoms with Gasteiger partial charge in [-0.1, -0.05) is 0 Å². The van der Waals surface area contributed by atoms with Gasteiger partial charge in [0.2, 0.25) is 0 Å². The van der Waals surface area contributed by atoms with E-state index in [1.54, 1.807) is 20.8 Å². The maximum atomic E-state index is 12.6. The van der Waals surface area contributed by atoms with Gasteiger partial charge in [-0.3, -0.25) is 4.79 Å². The molecule has 1 saturated heterocycles. The van der Waals surface area contributed by atoms with Gasteiger partial charge in [-0.25, -0.2) is 4.79 Å². The lowest BCUT2D eigenvalue weighted by Crippen LogP contribution is -2.55. The number of carbonyl (C=O) groups excluding carboxylic acids is 1. The highest BCUT2D eigenvalue weighted by Gasteiger charge is 2.43. The van der Waals surface area contributed by atoms with E-state index in [1.807, 2.05) is 0 Å². The Balaban J connectivity index is 2.72. The largest absolute Gasteiger partial charge is 0.480 e. The number of hydrogen-bond acceptors (Lipinski definition) is 2. The van der Waals surface area contributed by atoms with Gasteiger partial charge in [0.05, 0.1) is 5.92 Å². The van der Waals surface area contributed by atoms with Crippen molar-refractivity contribution in [2.45, 2.75) is 45.3 Å². The van der Waals surface area contributed by atoms with Gasteiger partial charge < -0.3 is 14.9 Å². The molecule has 0 aromatic rings. The van der Waals surface area contributed by atoms with E-state index >= 15 is 0 Å². The summed E-state index contributed by atoms with van der Waals surface area (Å²) in [5.74, 6) is -2.53. The maximum absolute atomic E-state index is 12.6. The van der Waals surface area contributed by atoms with Crippen LogP contribution in [-0.2, 0) is 4.79 Å². The number of carboxylic acid groups (broad SMARTS) is 1. The molecule has 2 amide bonds. The van der Waals surface area contributed by atoms with E-state index in [0.717, 1.165) is 0 Å². The summed E-state index contributed by atoms with van der Waals surface area (Å²) in [6, 6.07) is -0.523. The van der Waals surface area contributed by atoms with Crippen molar-refractivity contribution >= 4 is 12.0 Å². The predicted octanol–water partition coefficient (Wildman–Crippen LogP) is 2.57. The van der Waals surface area contributed by atoms with Crippen LogP contribution in [0.3, 0.4) is 0 Å². The number of carboxylic acids is 1. The molecule has 0 aromatic carbocycles. The molecular formula is C13H21F3N2O3. The van der Waals surface area contributed by atoms with Crippen LogP contribution >= 0.6 is 0 Å². The summed E-state index contributed by atoms with van der Waals surface area (Å²) < 4.78 is 37.8. The van der Waals surface area contributed by atoms with E-state index in [4.69, 9.17) is 5.11 Å². The Kier molecular flexibility index (Phi) is 5.11. The van der Waals surface area contributed by atoms with Crippen molar-refractivity contribution in [1.82, 2.24) is 9.80 Å². The number of rotatable bonds is 2. The summed E-state index contributed by atoms with van der Waals surface area (Å²) in [5, 5.41) is 8.88. The van der Waals surface area contributed by atoms with Crippen molar-refractivity contribution in [2.24, 2.45) is 5.92 Å². The molecule has 1 aliphatic rings. The molecule has 0 spiro atoms. The first kappa shape index (κ1) is 17.6. The van der Waals surface area contributed by atoms with Gasteiger partial charge in [0.15, 0.2) is 0 Å². The SMILES string of the molecule is CC(C)(C)N(CC(=O)O)C(=O)N1CCC(C(F)(F)F)CC1. The van der Waals surface area contributed by atoms with Crippen LogP contribution < -0.4 is 0 Å². The van der Waals surface area contributed by atoms with Crippen molar-refractivity contribution < 1.29 is 27.9 Å². The van der Waals surface area contributed by atoms with Gasteiger partial charge in [-0.15, -0.1) is 0 Å². The molecule has 1 heterocycles. The summed E-state index contributed by atoms with van der Waals surface area (Å²) in [7, 11) is 0. The average Bonchev–Trinajstić information content (AvgIpc) is 2.33. The average molecular weight is 310 g/mol. The Morgan fingerprint density at radius 1 is 1.19 bits per heavy atom. The molecule has 0 atom stereocenters. The molecule has 1 N–H and O–H groups in total. The lowest BCUT2D eigenvalue weighted by Gasteiger charge is -2.41. The molecule has 21 heavy (non-hydrogen) atoms. The molecule has 1 rings (SSSR count). The summed E-state index contributed by atoms with van der Waals surface area (Å²) in [6.45, 7) is 4.59. The summed E-state index contributed by atoms with van der Waals surface area (Å²) in [6.07, 6.45) is -4.51. The molecule has 8 heteroatoms. The van der Waals surface area contributed by atoms with Gasteiger partial charge >= 0.3 is 18.2 Å². The molecule has 1 fully saturated rings. The highest BCUT2D eigenvalue weighted by molar-refractivity contribution is 5.81. The Morgan fingerprint density at radius 2 is 1.67 bits per heavy atom. The minimum Gasteiger partial charge on any atom is -0.480 e. The fourth-order valence-electron chi connectivity index (χ4n) is 2.30. The van der Waals surface area contributed by atoms with Crippen molar-refractivity contribution in [3.8, 4) is 0 Å². The Morgan fingerprint density at radius 3 is 2.00 bits per heavy atom. The molecule has 0 bridgehead atoms. The predicted molar refractivity (Wildman–Crippen MR) is 69.8 cm³/mol.